The number of nitrogens with one attached hydrogen (secondary N) is 1. The van der Waals surface area contributed by atoms with Crippen molar-refractivity contribution < 1.29 is 0 Å². The average molecular weight is 323 g/mol. The Balaban J connectivity index is 1.63. The molecule has 4 heteroatoms. The zero-order valence-corrected chi connectivity index (χ0v) is 15.7. The Hall–Kier alpha value is -0.770. The summed E-state index contributed by atoms with van der Waals surface area (Å²) in [6.45, 7) is 15.0. The van der Waals surface area contributed by atoms with Crippen molar-refractivity contribution in [2.75, 3.05) is 45.8 Å². The molecule has 134 valence electrons. The molecule has 0 unspecified atom stereocenters. The van der Waals surface area contributed by atoms with Gasteiger partial charge in [-0.05, 0) is 64.1 Å². The molecule has 2 fully saturated rings. The molecule has 2 saturated heterocycles. The van der Waals surface area contributed by atoms with Crippen LogP contribution in [0.5, 0.6) is 0 Å². The van der Waals surface area contributed by atoms with E-state index in [1.54, 1.807) is 0 Å². The van der Waals surface area contributed by atoms with Crippen molar-refractivity contribution >= 4 is 5.96 Å². The van der Waals surface area contributed by atoms with Crippen molar-refractivity contribution in [2.45, 2.75) is 65.7 Å². The first-order valence-electron chi connectivity index (χ1n) is 9.86. The first kappa shape index (κ1) is 18.6. The van der Waals surface area contributed by atoms with Gasteiger partial charge >= 0.3 is 0 Å². The van der Waals surface area contributed by atoms with Gasteiger partial charge < -0.3 is 15.1 Å². The Labute approximate surface area is 143 Å². The van der Waals surface area contributed by atoms with Crippen LogP contribution in [0.15, 0.2) is 4.99 Å². The van der Waals surface area contributed by atoms with Gasteiger partial charge in [0.05, 0.1) is 0 Å². The van der Waals surface area contributed by atoms with Crippen molar-refractivity contribution in [2.24, 2.45) is 10.4 Å². The summed E-state index contributed by atoms with van der Waals surface area (Å²) >= 11 is 0. The molecule has 0 aromatic carbocycles. The molecule has 0 aromatic heterocycles. The highest BCUT2D eigenvalue weighted by Crippen LogP contribution is 2.28. The number of hydrogen-bond acceptors (Lipinski definition) is 2. The van der Waals surface area contributed by atoms with Gasteiger partial charge in [0.15, 0.2) is 5.96 Å². The van der Waals surface area contributed by atoms with E-state index in [2.05, 4.69) is 35.9 Å². The van der Waals surface area contributed by atoms with Crippen molar-refractivity contribution in [3.05, 3.63) is 0 Å². The molecule has 23 heavy (non-hydrogen) atoms. The molecule has 0 aromatic rings. The highest BCUT2D eigenvalue weighted by molar-refractivity contribution is 5.80. The lowest BCUT2D eigenvalue weighted by atomic mass is 9.93. The Morgan fingerprint density at radius 2 is 1.83 bits per heavy atom. The van der Waals surface area contributed by atoms with Crippen molar-refractivity contribution in [3.8, 4) is 0 Å². The summed E-state index contributed by atoms with van der Waals surface area (Å²) in [6, 6.07) is 0. The summed E-state index contributed by atoms with van der Waals surface area (Å²) in [7, 11) is 0. The number of unbranched alkanes of at least 4 members (excludes halogenated alkanes) is 2. The maximum atomic E-state index is 4.86. The fraction of sp³-hybridized carbons (Fsp3) is 0.947. The summed E-state index contributed by atoms with van der Waals surface area (Å²) in [5.74, 6) is 1.13. The molecule has 2 aliphatic rings. The second-order valence-corrected chi connectivity index (χ2v) is 8.03. The van der Waals surface area contributed by atoms with Crippen molar-refractivity contribution in [1.82, 2.24) is 15.1 Å². The van der Waals surface area contributed by atoms with Crippen LogP contribution in [0, 0.1) is 5.41 Å². The molecule has 0 radical (unpaired) electrons. The normalized spacial score (nSPS) is 22.6. The Morgan fingerprint density at radius 1 is 1.04 bits per heavy atom. The van der Waals surface area contributed by atoms with Crippen molar-refractivity contribution in [3.63, 3.8) is 0 Å². The molecule has 0 spiro atoms. The number of piperidine rings is 1. The van der Waals surface area contributed by atoms with Crippen LogP contribution >= 0.6 is 0 Å². The van der Waals surface area contributed by atoms with E-state index in [1.165, 1.54) is 64.6 Å². The molecule has 2 aliphatic heterocycles. The van der Waals surface area contributed by atoms with Gasteiger partial charge in [0.2, 0.25) is 0 Å². The predicted octanol–water partition coefficient (Wildman–Crippen LogP) is 3.34. The maximum Gasteiger partial charge on any atom is 0.193 e. The summed E-state index contributed by atoms with van der Waals surface area (Å²) in [6.07, 6.45) is 9.39. The predicted molar refractivity (Wildman–Crippen MR) is 100 cm³/mol. The minimum absolute atomic E-state index is 0.435. The van der Waals surface area contributed by atoms with Crippen LogP contribution in [0.2, 0.25) is 0 Å². The summed E-state index contributed by atoms with van der Waals surface area (Å²) in [5.41, 5.74) is 0.435. The highest BCUT2D eigenvalue weighted by Gasteiger charge is 2.30. The number of aliphatic imine (C=N–C) groups is 1. The van der Waals surface area contributed by atoms with E-state index >= 15 is 0 Å². The minimum Gasteiger partial charge on any atom is -0.357 e. The van der Waals surface area contributed by atoms with E-state index in [9.17, 15) is 0 Å². The van der Waals surface area contributed by atoms with E-state index in [1.807, 2.05) is 0 Å². The first-order valence-corrected chi connectivity index (χ1v) is 9.86. The molecular formula is C19H38N4. The smallest absolute Gasteiger partial charge is 0.193 e. The SMILES string of the molecule is CCNC(=NCCCCCN1CCCCC1)N1CCC(C)(C)C1. The van der Waals surface area contributed by atoms with Gasteiger partial charge in [0.25, 0.3) is 0 Å². The standard InChI is InChI=1S/C19H38N4/c1-4-20-18(23-16-11-19(2,3)17-23)21-12-7-5-8-13-22-14-9-6-10-15-22/h4-17H2,1-3H3,(H,20,21). The molecule has 4 nitrogen and oxygen atoms in total. The second kappa shape index (κ2) is 9.51. The molecule has 0 bridgehead atoms. The molecule has 0 amide bonds. The van der Waals surface area contributed by atoms with E-state index in [4.69, 9.17) is 4.99 Å². The lowest BCUT2D eigenvalue weighted by Gasteiger charge is -2.26. The summed E-state index contributed by atoms with van der Waals surface area (Å²) in [5, 5.41) is 3.47. The van der Waals surface area contributed by atoms with E-state index < -0.39 is 0 Å². The van der Waals surface area contributed by atoms with Crippen LogP contribution in [0.1, 0.15) is 65.7 Å². The average Bonchev–Trinajstić information content (AvgIpc) is 2.90. The van der Waals surface area contributed by atoms with Crippen LogP contribution < -0.4 is 5.32 Å². The third kappa shape index (κ3) is 6.70. The number of guanidine groups is 1. The number of hydrogen-bond donors (Lipinski definition) is 1. The van der Waals surface area contributed by atoms with Gasteiger partial charge in [0.1, 0.15) is 0 Å². The fourth-order valence-corrected chi connectivity index (χ4v) is 3.71. The van der Waals surface area contributed by atoms with Crippen LogP contribution in [0.4, 0.5) is 0 Å². The van der Waals surface area contributed by atoms with Crippen LogP contribution in [0.3, 0.4) is 0 Å². The topological polar surface area (TPSA) is 30.9 Å². The molecular weight excluding hydrogens is 284 g/mol. The van der Waals surface area contributed by atoms with Crippen LogP contribution in [-0.4, -0.2) is 61.6 Å². The van der Waals surface area contributed by atoms with E-state index in [-0.39, 0.29) is 0 Å². The Bertz CT molecular complexity index is 358. The molecule has 0 atom stereocenters. The number of likely N-dealkylation sites (tertiary alicyclic amines) is 2. The Morgan fingerprint density at radius 3 is 2.48 bits per heavy atom. The molecule has 0 aliphatic carbocycles. The zero-order chi connectivity index (χ0) is 16.5. The summed E-state index contributed by atoms with van der Waals surface area (Å²) < 4.78 is 0. The second-order valence-electron chi connectivity index (χ2n) is 8.03. The quantitative estimate of drug-likeness (QED) is 0.443. The van der Waals surface area contributed by atoms with Crippen molar-refractivity contribution in [1.29, 1.82) is 0 Å². The Kier molecular flexibility index (Phi) is 7.68. The monoisotopic (exact) mass is 322 g/mol. The molecule has 0 saturated carbocycles. The van der Waals surface area contributed by atoms with Gasteiger partial charge in [-0.3, -0.25) is 4.99 Å². The molecule has 1 N–H and O–H groups in total. The third-order valence-electron chi connectivity index (χ3n) is 5.15. The van der Waals surface area contributed by atoms with Gasteiger partial charge in [-0.25, -0.2) is 0 Å². The van der Waals surface area contributed by atoms with Gasteiger partial charge in [-0.1, -0.05) is 26.7 Å². The van der Waals surface area contributed by atoms with Gasteiger partial charge in [-0.2, -0.15) is 0 Å². The largest absolute Gasteiger partial charge is 0.357 e. The third-order valence-corrected chi connectivity index (χ3v) is 5.15. The lowest BCUT2D eigenvalue weighted by molar-refractivity contribution is 0.224. The van der Waals surface area contributed by atoms with Crippen LogP contribution in [-0.2, 0) is 0 Å². The lowest BCUT2D eigenvalue weighted by Crippen LogP contribution is -2.40. The minimum atomic E-state index is 0.435. The molecule has 2 rings (SSSR count). The highest BCUT2D eigenvalue weighted by atomic mass is 15.3. The summed E-state index contributed by atoms with van der Waals surface area (Å²) in [4.78, 5) is 9.95. The number of nitrogens with zero attached hydrogens (tertiary/aromatic N) is 3. The van der Waals surface area contributed by atoms with Gasteiger partial charge in [0, 0.05) is 26.2 Å². The van der Waals surface area contributed by atoms with E-state index in [0.717, 1.165) is 32.1 Å². The maximum absolute atomic E-state index is 4.86. The van der Waals surface area contributed by atoms with E-state index in [0.29, 0.717) is 5.41 Å². The van der Waals surface area contributed by atoms with Crippen LogP contribution in [0.25, 0.3) is 0 Å². The number of rotatable bonds is 7. The first-order chi connectivity index (χ1) is 11.1. The zero-order valence-electron chi connectivity index (χ0n) is 15.7. The molecule has 2 heterocycles. The van der Waals surface area contributed by atoms with Gasteiger partial charge in [-0.15, -0.1) is 0 Å². The fourth-order valence-electron chi connectivity index (χ4n) is 3.71.